The summed E-state index contributed by atoms with van der Waals surface area (Å²) < 4.78 is 5.13. The van der Waals surface area contributed by atoms with E-state index in [1.54, 1.807) is 11.8 Å². The van der Waals surface area contributed by atoms with Gasteiger partial charge in [-0.05, 0) is 37.8 Å². The first kappa shape index (κ1) is 14.4. The van der Waals surface area contributed by atoms with Crippen LogP contribution < -0.4 is 10.1 Å². The maximum atomic E-state index is 12.2. The zero-order chi connectivity index (χ0) is 14.5. The topological polar surface area (TPSA) is 79.9 Å². The molecule has 20 heavy (non-hydrogen) atoms. The van der Waals surface area contributed by atoms with Gasteiger partial charge in [0, 0.05) is 10.5 Å². The number of nitrogens with one attached hydrogen (secondary N) is 2. The molecule has 2 N–H and O–H groups in total. The van der Waals surface area contributed by atoms with Gasteiger partial charge in [-0.2, -0.15) is 4.98 Å². The quantitative estimate of drug-likeness (QED) is 0.828. The molecule has 1 amide bonds. The Kier molecular flexibility index (Phi) is 4.62. The Morgan fingerprint density at radius 3 is 3.00 bits per heavy atom. The van der Waals surface area contributed by atoms with Crippen molar-refractivity contribution < 1.29 is 9.53 Å². The minimum absolute atomic E-state index is 0.220. The molecular weight excluding hydrogens is 276 g/mol. The third-order valence-electron chi connectivity index (χ3n) is 2.66. The van der Waals surface area contributed by atoms with Crippen LogP contribution in [0.25, 0.3) is 0 Å². The van der Waals surface area contributed by atoms with E-state index in [9.17, 15) is 4.79 Å². The van der Waals surface area contributed by atoms with Crippen molar-refractivity contribution in [2.45, 2.75) is 18.7 Å². The van der Waals surface area contributed by atoms with E-state index in [0.29, 0.717) is 12.2 Å². The standard InChI is InChI=1S/C13H16N4O2S/c1-4-19-13-15-12(16-17-13)14-11(18)10-7-9(20-3)6-5-8(10)2/h5-7H,4H2,1-3H3,(H2,14,15,16,17,18). The van der Waals surface area contributed by atoms with Crippen LogP contribution in [0.1, 0.15) is 22.8 Å². The number of ether oxygens (including phenoxy) is 1. The monoisotopic (exact) mass is 292 g/mol. The van der Waals surface area contributed by atoms with Crippen LogP contribution in [0.4, 0.5) is 5.95 Å². The van der Waals surface area contributed by atoms with Crippen LogP contribution in [0.2, 0.25) is 0 Å². The molecule has 0 atom stereocenters. The van der Waals surface area contributed by atoms with E-state index in [1.807, 2.05) is 38.3 Å². The number of carbonyl (C=O) groups excluding carboxylic acids is 1. The zero-order valence-electron chi connectivity index (χ0n) is 11.6. The van der Waals surface area contributed by atoms with Crippen molar-refractivity contribution in [1.82, 2.24) is 15.2 Å². The smallest absolute Gasteiger partial charge is 0.337 e. The molecule has 6 nitrogen and oxygen atoms in total. The van der Waals surface area contributed by atoms with Crippen LogP contribution in [0.3, 0.4) is 0 Å². The van der Waals surface area contributed by atoms with Gasteiger partial charge in [0.15, 0.2) is 0 Å². The van der Waals surface area contributed by atoms with Gasteiger partial charge < -0.3 is 4.74 Å². The predicted molar refractivity (Wildman–Crippen MR) is 78.5 cm³/mol. The minimum Gasteiger partial charge on any atom is -0.463 e. The SMILES string of the molecule is CCOc1n[nH]c(NC(=O)c2cc(SC)ccc2C)n1. The number of hydrogen-bond donors (Lipinski definition) is 2. The van der Waals surface area contributed by atoms with Gasteiger partial charge in [0.25, 0.3) is 5.91 Å². The Morgan fingerprint density at radius 2 is 2.30 bits per heavy atom. The first-order valence-electron chi connectivity index (χ1n) is 6.15. The Bertz CT molecular complexity index is 612. The Hall–Kier alpha value is -2.02. The predicted octanol–water partition coefficient (Wildman–Crippen LogP) is 2.49. The van der Waals surface area contributed by atoms with Gasteiger partial charge in [0.1, 0.15) is 0 Å². The lowest BCUT2D eigenvalue weighted by atomic mass is 10.1. The van der Waals surface area contributed by atoms with Gasteiger partial charge in [0.05, 0.1) is 6.61 Å². The van der Waals surface area contributed by atoms with Crippen LogP contribution in [-0.2, 0) is 0 Å². The summed E-state index contributed by atoms with van der Waals surface area (Å²) in [6.45, 7) is 4.21. The fourth-order valence-corrected chi connectivity index (χ4v) is 2.08. The normalized spacial score (nSPS) is 10.3. The van der Waals surface area contributed by atoms with Gasteiger partial charge in [-0.25, -0.2) is 5.10 Å². The van der Waals surface area contributed by atoms with Crippen LogP contribution in [0, 0.1) is 6.92 Å². The Morgan fingerprint density at radius 1 is 1.50 bits per heavy atom. The number of aromatic nitrogens is 3. The highest BCUT2D eigenvalue weighted by molar-refractivity contribution is 7.98. The average Bonchev–Trinajstić information content (AvgIpc) is 2.87. The van der Waals surface area contributed by atoms with Gasteiger partial charge in [-0.15, -0.1) is 16.9 Å². The highest BCUT2D eigenvalue weighted by atomic mass is 32.2. The van der Waals surface area contributed by atoms with Crippen molar-refractivity contribution in [3.63, 3.8) is 0 Å². The summed E-state index contributed by atoms with van der Waals surface area (Å²) >= 11 is 1.59. The highest BCUT2D eigenvalue weighted by Gasteiger charge is 2.12. The van der Waals surface area contributed by atoms with E-state index in [4.69, 9.17) is 4.74 Å². The molecule has 0 saturated heterocycles. The Labute approximate surface area is 121 Å². The number of nitrogens with zero attached hydrogens (tertiary/aromatic N) is 2. The number of aryl methyl sites for hydroxylation is 1. The molecule has 106 valence electrons. The van der Waals surface area contributed by atoms with E-state index < -0.39 is 0 Å². The molecule has 0 saturated carbocycles. The lowest BCUT2D eigenvalue weighted by molar-refractivity contribution is 0.102. The van der Waals surface area contributed by atoms with E-state index >= 15 is 0 Å². The molecule has 0 radical (unpaired) electrons. The lowest BCUT2D eigenvalue weighted by Crippen LogP contribution is -2.14. The van der Waals surface area contributed by atoms with Gasteiger partial charge in [-0.1, -0.05) is 6.07 Å². The molecule has 1 aromatic heterocycles. The molecule has 1 aromatic carbocycles. The van der Waals surface area contributed by atoms with Crippen molar-refractivity contribution in [3.05, 3.63) is 29.3 Å². The van der Waals surface area contributed by atoms with Gasteiger partial charge >= 0.3 is 6.01 Å². The second-order valence-corrected chi connectivity index (χ2v) is 4.91. The second-order valence-electron chi connectivity index (χ2n) is 4.03. The van der Waals surface area contributed by atoms with E-state index in [1.165, 1.54) is 0 Å². The fraction of sp³-hybridized carbons (Fsp3) is 0.308. The molecule has 7 heteroatoms. The molecular formula is C13H16N4O2S. The highest BCUT2D eigenvalue weighted by Crippen LogP contribution is 2.20. The summed E-state index contributed by atoms with van der Waals surface area (Å²) in [6.07, 6.45) is 1.97. The summed E-state index contributed by atoms with van der Waals surface area (Å²) in [7, 11) is 0. The van der Waals surface area contributed by atoms with Crippen LogP contribution in [0.15, 0.2) is 23.1 Å². The van der Waals surface area contributed by atoms with Crippen LogP contribution in [-0.4, -0.2) is 34.0 Å². The minimum atomic E-state index is -0.224. The number of hydrogen-bond acceptors (Lipinski definition) is 5. The summed E-state index contributed by atoms with van der Waals surface area (Å²) in [5, 5.41) is 9.12. The number of aromatic amines is 1. The number of anilines is 1. The number of carbonyl (C=O) groups is 1. The van der Waals surface area contributed by atoms with Crippen molar-refractivity contribution in [2.24, 2.45) is 0 Å². The molecule has 2 rings (SSSR count). The summed E-state index contributed by atoms with van der Waals surface area (Å²) in [5.41, 5.74) is 1.52. The first-order chi connectivity index (χ1) is 9.63. The number of benzene rings is 1. The lowest BCUT2D eigenvalue weighted by Gasteiger charge is -2.06. The number of H-pyrrole nitrogens is 1. The largest absolute Gasteiger partial charge is 0.463 e. The molecule has 0 aliphatic carbocycles. The third kappa shape index (κ3) is 3.30. The molecule has 0 fully saturated rings. The maximum Gasteiger partial charge on any atom is 0.337 e. The fourth-order valence-electron chi connectivity index (χ4n) is 1.64. The molecule has 0 aliphatic heterocycles. The third-order valence-corrected chi connectivity index (χ3v) is 3.38. The summed E-state index contributed by atoms with van der Waals surface area (Å²) in [6, 6.07) is 5.98. The average molecular weight is 292 g/mol. The van der Waals surface area contributed by atoms with Crippen molar-refractivity contribution in [3.8, 4) is 6.01 Å². The van der Waals surface area contributed by atoms with Gasteiger partial charge in [0.2, 0.25) is 5.95 Å². The molecule has 1 heterocycles. The first-order valence-corrected chi connectivity index (χ1v) is 7.37. The molecule has 0 aliphatic rings. The van der Waals surface area contributed by atoms with Crippen LogP contribution in [0.5, 0.6) is 6.01 Å². The van der Waals surface area contributed by atoms with E-state index in [2.05, 4.69) is 20.5 Å². The Balaban J connectivity index is 2.14. The van der Waals surface area contributed by atoms with Crippen molar-refractivity contribution >= 4 is 23.6 Å². The van der Waals surface area contributed by atoms with Crippen LogP contribution >= 0.6 is 11.8 Å². The van der Waals surface area contributed by atoms with Gasteiger partial charge in [-0.3, -0.25) is 10.1 Å². The number of rotatable bonds is 5. The summed E-state index contributed by atoms with van der Waals surface area (Å²) in [5.74, 6) is 0.0463. The number of thioether (sulfide) groups is 1. The molecule has 0 unspecified atom stereocenters. The van der Waals surface area contributed by atoms with E-state index in [0.717, 1.165) is 10.5 Å². The van der Waals surface area contributed by atoms with Crippen molar-refractivity contribution in [2.75, 3.05) is 18.2 Å². The zero-order valence-corrected chi connectivity index (χ0v) is 12.4. The number of amides is 1. The van der Waals surface area contributed by atoms with E-state index in [-0.39, 0.29) is 17.9 Å². The molecule has 2 aromatic rings. The summed E-state index contributed by atoms with van der Waals surface area (Å²) in [4.78, 5) is 17.3. The molecule has 0 spiro atoms. The maximum absolute atomic E-state index is 12.2. The second kappa shape index (κ2) is 6.42. The van der Waals surface area contributed by atoms with Crippen molar-refractivity contribution in [1.29, 1.82) is 0 Å². The molecule has 0 bridgehead atoms.